The molecule has 17 nitrogen and oxygen atoms in total. The third kappa shape index (κ3) is 10.7. The summed E-state index contributed by atoms with van der Waals surface area (Å²) in [7, 11) is 2.87. The van der Waals surface area contributed by atoms with Gasteiger partial charge in [-0.2, -0.15) is 0 Å². The van der Waals surface area contributed by atoms with E-state index >= 15 is 4.79 Å². The van der Waals surface area contributed by atoms with Gasteiger partial charge in [0.25, 0.3) is 0 Å². The molecule has 0 aromatic heterocycles. The minimum absolute atomic E-state index is 0.0107. The number of esters is 5. The van der Waals surface area contributed by atoms with Crippen LogP contribution in [0.2, 0.25) is 0 Å². The van der Waals surface area contributed by atoms with Crippen LogP contribution in [0.3, 0.4) is 0 Å². The lowest BCUT2D eigenvalue weighted by Crippen LogP contribution is -2.82. The first-order valence-corrected chi connectivity index (χ1v) is 25.0. The number of amides is 1. The van der Waals surface area contributed by atoms with Crippen molar-refractivity contribution in [3.8, 4) is 0 Å². The van der Waals surface area contributed by atoms with Crippen molar-refractivity contribution in [3.05, 3.63) is 58.7 Å². The summed E-state index contributed by atoms with van der Waals surface area (Å²) in [6.45, 7) is 16.8. The Balaban J connectivity index is 1.79. The number of ether oxygens (including phenoxy) is 7. The minimum Gasteiger partial charge on any atom is -0.461 e. The van der Waals surface area contributed by atoms with E-state index in [0.29, 0.717) is 11.3 Å². The molecule has 2 saturated carbocycles. The molecule has 1 aromatic rings. The van der Waals surface area contributed by atoms with Crippen LogP contribution in [0.15, 0.2) is 53.1 Å². The van der Waals surface area contributed by atoms with Crippen LogP contribution in [0.4, 0.5) is 4.79 Å². The second-order valence-electron chi connectivity index (χ2n) is 19.5. The predicted molar refractivity (Wildman–Crippen MR) is 246 cm³/mol. The summed E-state index contributed by atoms with van der Waals surface area (Å²) in [6.07, 6.45) is -8.39. The number of hydrogen-bond donors (Lipinski definition) is 3. The lowest BCUT2D eigenvalue weighted by molar-refractivity contribution is -0.346. The highest BCUT2D eigenvalue weighted by molar-refractivity contribution is 8.76. The van der Waals surface area contributed by atoms with Crippen LogP contribution in [-0.2, 0) is 57.1 Å². The zero-order chi connectivity index (χ0) is 50.0. The molecule has 1 saturated heterocycles. The molecule has 0 radical (unpaired) electrons. The Kier molecular flexibility index (Phi) is 16.5. The lowest BCUT2D eigenvalue weighted by atomic mass is 9.44. The van der Waals surface area contributed by atoms with E-state index in [1.54, 1.807) is 66.7 Å². The van der Waals surface area contributed by atoms with E-state index in [-0.39, 0.29) is 42.6 Å². The number of aliphatic hydroxyl groups is 2. The smallest absolute Gasteiger partial charge is 0.408 e. The highest BCUT2D eigenvalue weighted by atomic mass is 33.1. The Bertz CT molecular complexity index is 2150. The third-order valence-electron chi connectivity index (χ3n) is 13.2. The van der Waals surface area contributed by atoms with Crippen molar-refractivity contribution >= 4 is 63.3 Å². The molecule has 1 amide bonds. The molecule has 4 aliphatic rings. The fourth-order valence-corrected chi connectivity index (χ4v) is 11.2. The zero-order valence-corrected chi connectivity index (χ0v) is 41.9. The van der Waals surface area contributed by atoms with Crippen LogP contribution < -0.4 is 5.32 Å². The molecular formula is C48H65NO16S2. The van der Waals surface area contributed by atoms with E-state index in [1.165, 1.54) is 60.6 Å². The first kappa shape index (κ1) is 53.5. The average molecular weight is 976 g/mol. The van der Waals surface area contributed by atoms with Gasteiger partial charge in [-0.1, -0.05) is 72.2 Å². The standard InChI is InChI=1S/C48H65NO16S2/c1-13-33(51)62-37-35-26(4)30(60-42(56)36(53)29(21-25(2)3)49-43(57)65-44(6,7)8)23-48(58,45(35,9)10)40(63-41(55)28-17-15-14-16-18-28)38-46(11,39(37)54)31(61-34(52)19-20-67-66-12)22-32-47(38,24-59-32)64-27(5)50/h14-18,21,29-32,36-38,40,53,58H,13,19-20,22-24H2,1-12H3,(H,49,57)/t29-,30-,31-,32+,36+,37+,38-,40-,46+,47-,48+/m0/s1. The maximum Gasteiger partial charge on any atom is 0.408 e. The van der Waals surface area contributed by atoms with Crippen molar-refractivity contribution in [2.45, 2.75) is 161 Å². The van der Waals surface area contributed by atoms with Crippen LogP contribution in [0.5, 0.6) is 0 Å². The Morgan fingerprint density at radius 1 is 0.985 bits per heavy atom. The number of fused-ring (bicyclic) bond motifs is 5. The molecule has 3 N–H and O–H groups in total. The van der Waals surface area contributed by atoms with Gasteiger partial charge in [0.2, 0.25) is 0 Å². The van der Waals surface area contributed by atoms with Gasteiger partial charge in [0, 0.05) is 37.4 Å². The average Bonchev–Trinajstić information content (AvgIpc) is 3.23. The van der Waals surface area contributed by atoms with E-state index in [4.69, 9.17) is 33.2 Å². The molecular weight excluding hydrogens is 911 g/mol. The molecule has 67 heavy (non-hydrogen) atoms. The minimum atomic E-state index is -2.44. The first-order chi connectivity index (χ1) is 31.2. The molecule has 1 aliphatic heterocycles. The lowest BCUT2D eigenvalue weighted by Gasteiger charge is -2.67. The predicted octanol–water partition coefficient (Wildman–Crippen LogP) is 5.77. The largest absolute Gasteiger partial charge is 0.461 e. The van der Waals surface area contributed by atoms with Gasteiger partial charge >= 0.3 is 35.9 Å². The number of nitrogens with one attached hydrogen (secondary N) is 1. The number of aliphatic hydroxyl groups excluding tert-OH is 1. The van der Waals surface area contributed by atoms with E-state index in [2.05, 4.69) is 5.32 Å². The van der Waals surface area contributed by atoms with Crippen LogP contribution in [-0.4, -0.2) is 130 Å². The summed E-state index contributed by atoms with van der Waals surface area (Å²) < 4.78 is 42.6. The Labute approximate surface area is 399 Å². The highest BCUT2D eigenvalue weighted by Crippen LogP contribution is 2.65. The number of Topliss-reactive ketones (excluding diaryl/α,β-unsaturated/α-hetero) is 1. The van der Waals surface area contributed by atoms with Crippen molar-refractivity contribution in [2.24, 2.45) is 16.7 Å². The molecule has 5 rings (SSSR count). The van der Waals surface area contributed by atoms with Crippen molar-refractivity contribution in [3.63, 3.8) is 0 Å². The topological polar surface area (TPSA) is 237 Å². The number of ketones is 1. The number of hydrogen-bond acceptors (Lipinski definition) is 18. The molecule has 3 fully saturated rings. The van der Waals surface area contributed by atoms with Gasteiger partial charge in [0.1, 0.15) is 35.6 Å². The van der Waals surface area contributed by atoms with Gasteiger partial charge in [-0.3, -0.25) is 19.2 Å². The van der Waals surface area contributed by atoms with Crippen molar-refractivity contribution in [1.82, 2.24) is 5.32 Å². The van der Waals surface area contributed by atoms with Crippen LogP contribution in [0.1, 0.15) is 112 Å². The van der Waals surface area contributed by atoms with Crippen LogP contribution >= 0.6 is 21.6 Å². The van der Waals surface area contributed by atoms with E-state index in [9.17, 15) is 39.0 Å². The van der Waals surface area contributed by atoms with Gasteiger partial charge in [0.15, 0.2) is 23.6 Å². The number of benzene rings is 1. The van der Waals surface area contributed by atoms with E-state index in [1.807, 2.05) is 6.26 Å². The summed E-state index contributed by atoms with van der Waals surface area (Å²) in [5.41, 5.74) is -8.15. The molecule has 2 bridgehead atoms. The number of rotatable bonds is 15. The Morgan fingerprint density at radius 3 is 2.19 bits per heavy atom. The summed E-state index contributed by atoms with van der Waals surface area (Å²) in [4.78, 5) is 98.3. The maximum atomic E-state index is 16.1. The summed E-state index contributed by atoms with van der Waals surface area (Å²) in [6, 6.07) is 6.48. The number of alkyl carbamates (subject to hydrolysis) is 1. The van der Waals surface area contributed by atoms with Crippen LogP contribution in [0.25, 0.3) is 0 Å². The van der Waals surface area contributed by atoms with Gasteiger partial charge in [-0.05, 0) is 78.0 Å². The quantitative estimate of drug-likeness (QED) is 0.0622. The Hall–Kier alpha value is -4.43. The molecule has 3 aliphatic carbocycles. The Morgan fingerprint density at radius 2 is 1.64 bits per heavy atom. The fourth-order valence-electron chi connectivity index (χ4n) is 10.0. The number of carbonyl (C=O) groups excluding carboxylic acids is 7. The van der Waals surface area contributed by atoms with Crippen molar-refractivity contribution < 1.29 is 76.9 Å². The SMILES string of the molecule is CCC(=O)O[C@H]1C(=O)[C@]2(C)[C@@H](OC(=O)CCSSC)C[C@H]3OC[C@@]3(OC(C)=O)[C@H]2[C@H](OC(=O)c2ccccc2)[C@]2(O)C[C@H](OC(=O)[C@H](O)[C@H](C=C(C)C)NC(=O)OC(C)(C)C)C(C)=C1C2(C)C. The van der Waals surface area contributed by atoms with Crippen LogP contribution in [0, 0.1) is 16.7 Å². The fraction of sp³-hybridized carbons (Fsp3) is 0.646. The summed E-state index contributed by atoms with van der Waals surface area (Å²) in [5.74, 6) is -6.56. The molecule has 19 heteroatoms. The summed E-state index contributed by atoms with van der Waals surface area (Å²) >= 11 is 0. The molecule has 0 spiro atoms. The normalized spacial score (nSPS) is 30.5. The van der Waals surface area contributed by atoms with E-state index < -0.39 is 124 Å². The van der Waals surface area contributed by atoms with Gasteiger partial charge in [0.05, 0.1) is 36.0 Å². The van der Waals surface area contributed by atoms with Crippen molar-refractivity contribution in [1.29, 1.82) is 0 Å². The number of carbonyl (C=O) groups is 7. The van der Waals surface area contributed by atoms with Crippen molar-refractivity contribution in [2.75, 3.05) is 18.6 Å². The molecule has 370 valence electrons. The highest BCUT2D eigenvalue weighted by Gasteiger charge is 2.79. The number of allylic oxidation sites excluding steroid dienone is 1. The molecule has 0 unspecified atom stereocenters. The second-order valence-corrected chi connectivity index (χ2v) is 22.2. The first-order valence-electron chi connectivity index (χ1n) is 22.3. The zero-order valence-electron chi connectivity index (χ0n) is 40.3. The summed E-state index contributed by atoms with van der Waals surface area (Å²) in [5, 5.41) is 28.0. The third-order valence-corrected chi connectivity index (χ3v) is 15.0. The van der Waals surface area contributed by atoms with Gasteiger partial charge in [-0.15, -0.1) is 0 Å². The maximum absolute atomic E-state index is 16.1. The molecule has 1 aromatic carbocycles. The monoisotopic (exact) mass is 975 g/mol. The van der Waals surface area contributed by atoms with E-state index in [0.717, 1.165) is 6.92 Å². The molecule has 11 atom stereocenters. The molecule has 1 heterocycles. The van der Waals surface area contributed by atoms with Gasteiger partial charge < -0.3 is 48.7 Å². The van der Waals surface area contributed by atoms with Gasteiger partial charge in [-0.25, -0.2) is 14.4 Å². The second kappa shape index (κ2) is 20.7.